The van der Waals surface area contributed by atoms with Crippen LogP contribution in [0.25, 0.3) is 0 Å². The molecule has 2 rings (SSSR count). The second-order valence-electron chi connectivity index (χ2n) is 5.80. The fourth-order valence-corrected chi connectivity index (χ4v) is 3.51. The molecule has 1 aromatic heterocycles. The van der Waals surface area contributed by atoms with E-state index in [1.54, 1.807) is 21.3 Å². The molecule has 0 saturated carbocycles. The molecule has 0 fully saturated rings. The third kappa shape index (κ3) is 6.73. The van der Waals surface area contributed by atoms with Crippen LogP contribution in [0.15, 0.2) is 29.3 Å². The number of methoxy groups -OCH3 is 3. The van der Waals surface area contributed by atoms with Gasteiger partial charge >= 0.3 is 0 Å². The second-order valence-corrected chi connectivity index (χ2v) is 7.06. The van der Waals surface area contributed by atoms with Crippen molar-refractivity contribution < 1.29 is 14.2 Å². The minimum Gasteiger partial charge on any atom is -0.493 e. The Morgan fingerprint density at radius 3 is 2.11 bits per heavy atom. The quantitative estimate of drug-likeness (QED) is 0.295. The normalized spacial score (nSPS) is 10.8. The minimum absolute atomic E-state index is 0. The molecule has 2 aromatic rings. The zero-order valence-electron chi connectivity index (χ0n) is 17.1. The molecule has 156 valence electrons. The van der Waals surface area contributed by atoms with Crippen LogP contribution in [0.3, 0.4) is 0 Å². The van der Waals surface area contributed by atoms with Crippen molar-refractivity contribution >= 4 is 41.3 Å². The molecule has 0 radical (unpaired) electrons. The molecule has 2 N–H and O–H groups in total. The number of halogens is 1. The number of thiophene rings is 1. The second kappa shape index (κ2) is 12.7. The standard InChI is InChI=1S/C20H29N3O3S.HI/c1-6-15-8-9-16(27-15)13-23-20(21-7-2)22-12-14-10-17(24-3)19(26-5)18(11-14)25-4;/h8-11H,6-7,12-13H2,1-5H3,(H2,21,22,23);1H. The summed E-state index contributed by atoms with van der Waals surface area (Å²) in [7, 11) is 4.82. The van der Waals surface area contributed by atoms with Crippen molar-refractivity contribution in [1.82, 2.24) is 10.6 Å². The SMILES string of the molecule is CCNC(=NCc1cc(OC)c(OC)c(OC)c1)NCc1ccc(CC)s1.I. The number of benzene rings is 1. The first kappa shape index (κ1) is 24.4. The number of nitrogens with one attached hydrogen (secondary N) is 2. The molecule has 28 heavy (non-hydrogen) atoms. The van der Waals surface area contributed by atoms with Crippen LogP contribution < -0.4 is 24.8 Å². The van der Waals surface area contributed by atoms with Gasteiger partial charge in [0.1, 0.15) is 0 Å². The highest BCUT2D eigenvalue weighted by atomic mass is 127. The largest absolute Gasteiger partial charge is 0.493 e. The maximum absolute atomic E-state index is 5.41. The summed E-state index contributed by atoms with van der Waals surface area (Å²) < 4.78 is 16.2. The Morgan fingerprint density at radius 2 is 1.61 bits per heavy atom. The average molecular weight is 519 g/mol. The van der Waals surface area contributed by atoms with Gasteiger partial charge in [-0.15, -0.1) is 35.3 Å². The monoisotopic (exact) mass is 519 g/mol. The number of hydrogen-bond acceptors (Lipinski definition) is 5. The number of aryl methyl sites for hydroxylation is 1. The molecule has 0 atom stereocenters. The lowest BCUT2D eigenvalue weighted by Crippen LogP contribution is -2.36. The number of hydrogen-bond donors (Lipinski definition) is 2. The van der Waals surface area contributed by atoms with E-state index >= 15 is 0 Å². The van der Waals surface area contributed by atoms with E-state index in [0.29, 0.717) is 23.8 Å². The van der Waals surface area contributed by atoms with Crippen molar-refractivity contribution in [2.24, 2.45) is 4.99 Å². The Labute approximate surface area is 188 Å². The zero-order chi connectivity index (χ0) is 19.6. The van der Waals surface area contributed by atoms with Gasteiger partial charge in [-0.05, 0) is 43.2 Å². The van der Waals surface area contributed by atoms with Gasteiger partial charge in [-0.3, -0.25) is 0 Å². The van der Waals surface area contributed by atoms with E-state index in [1.165, 1.54) is 9.75 Å². The summed E-state index contributed by atoms with van der Waals surface area (Å²) in [5.41, 5.74) is 0.978. The Morgan fingerprint density at radius 1 is 0.964 bits per heavy atom. The molecule has 0 amide bonds. The molecular weight excluding hydrogens is 489 g/mol. The van der Waals surface area contributed by atoms with Crippen molar-refractivity contribution in [3.8, 4) is 17.2 Å². The van der Waals surface area contributed by atoms with Crippen molar-refractivity contribution in [2.45, 2.75) is 33.4 Å². The first-order chi connectivity index (χ1) is 13.1. The van der Waals surface area contributed by atoms with E-state index < -0.39 is 0 Å². The number of aliphatic imine (C=N–C) groups is 1. The van der Waals surface area contributed by atoms with Gasteiger partial charge < -0.3 is 24.8 Å². The van der Waals surface area contributed by atoms with Gasteiger partial charge in [0, 0.05) is 16.3 Å². The van der Waals surface area contributed by atoms with E-state index in [4.69, 9.17) is 14.2 Å². The number of guanidine groups is 1. The van der Waals surface area contributed by atoms with Gasteiger partial charge in [0.05, 0.1) is 34.4 Å². The van der Waals surface area contributed by atoms with Gasteiger partial charge in [0.25, 0.3) is 0 Å². The Balaban J connectivity index is 0.00000392. The van der Waals surface area contributed by atoms with Crippen LogP contribution in [0.2, 0.25) is 0 Å². The highest BCUT2D eigenvalue weighted by Crippen LogP contribution is 2.38. The molecule has 0 spiro atoms. The van der Waals surface area contributed by atoms with Crippen LogP contribution in [0, 0.1) is 0 Å². The van der Waals surface area contributed by atoms with E-state index in [-0.39, 0.29) is 24.0 Å². The summed E-state index contributed by atoms with van der Waals surface area (Å²) in [5, 5.41) is 6.67. The van der Waals surface area contributed by atoms with Crippen LogP contribution in [0.1, 0.15) is 29.2 Å². The van der Waals surface area contributed by atoms with Gasteiger partial charge in [0.2, 0.25) is 5.75 Å². The summed E-state index contributed by atoms with van der Waals surface area (Å²) in [4.78, 5) is 7.37. The van der Waals surface area contributed by atoms with Gasteiger partial charge in [-0.1, -0.05) is 6.92 Å². The zero-order valence-corrected chi connectivity index (χ0v) is 20.3. The highest BCUT2D eigenvalue weighted by molar-refractivity contribution is 14.0. The van der Waals surface area contributed by atoms with Gasteiger partial charge in [-0.2, -0.15) is 0 Å². The fourth-order valence-electron chi connectivity index (χ4n) is 2.62. The Hall–Kier alpha value is -1.68. The molecular formula is C20H30IN3O3S. The molecule has 6 nitrogen and oxygen atoms in total. The molecule has 1 heterocycles. The number of rotatable bonds is 9. The van der Waals surface area contributed by atoms with Crippen LogP contribution in [-0.4, -0.2) is 33.8 Å². The maximum atomic E-state index is 5.41. The van der Waals surface area contributed by atoms with E-state index in [1.807, 2.05) is 23.5 Å². The van der Waals surface area contributed by atoms with Crippen LogP contribution >= 0.6 is 35.3 Å². The van der Waals surface area contributed by atoms with Crippen molar-refractivity contribution in [2.75, 3.05) is 27.9 Å². The van der Waals surface area contributed by atoms with Gasteiger partial charge in [0.15, 0.2) is 17.5 Å². The Kier molecular flexibility index (Phi) is 11.1. The molecule has 0 unspecified atom stereocenters. The van der Waals surface area contributed by atoms with Crippen LogP contribution in [0.4, 0.5) is 0 Å². The summed E-state index contributed by atoms with van der Waals surface area (Å²) in [6.45, 7) is 6.27. The summed E-state index contributed by atoms with van der Waals surface area (Å²) in [6.07, 6.45) is 1.07. The first-order valence-corrected chi connectivity index (χ1v) is 9.85. The summed E-state index contributed by atoms with van der Waals surface area (Å²) in [6, 6.07) is 8.18. The highest BCUT2D eigenvalue weighted by Gasteiger charge is 2.13. The van der Waals surface area contributed by atoms with E-state index in [2.05, 4.69) is 41.6 Å². The van der Waals surface area contributed by atoms with Crippen molar-refractivity contribution in [1.29, 1.82) is 0 Å². The van der Waals surface area contributed by atoms with Crippen LogP contribution in [0.5, 0.6) is 17.2 Å². The number of nitrogens with zero attached hydrogens (tertiary/aromatic N) is 1. The lowest BCUT2D eigenvalue weighted by Gasteiger charge is -2.14. The lowest BCUT2D eigenvalue weighted by molar-refractivity contribution is 0.324. The fraction of sp³-hybridized carbons (Fsp3) is 0.450. The van der Waals surface area contributed by atoms with Crippen molar-refractivity contribution in [3.05, 3.63) is 39.6 Å². The van der Waals surface area contributed by atoms with E-state index in [0.717, 1.165) is 31.0 Å². The first-order valence-electron chi connectivity index (χ1n) is 9.03. The molecule has 0 aliphatic heterocycles. The smallest absolute Gasteiger partial charge is 0.203 e. The topological polar surface area (TPSA) is 64.1 Å². The molecule has 0 bridgehead atoms. The minimum atomic E-state index is 0. The maximum Gasteiger partial charge on any atom is 0.203 e. The predicted molar refractivity (Wildman–Crippen MR) is 127 cm³/mol. The predicted octanol–water partition coefficient (Wildman–Crippen LogP) is 4.21. The molecule has 0 saturated heterocycles. The average Bonchev–Trinajstić information content (AvgIpc) is 3.17. The summed E-state index contributed by atoms with van der Waals surface area (Å²) in [5.74, 6) is 2.62. The third-order valence-electron chi connectivity index (χ3n) is 3.98. The molecule has 0 aliphatic carbocycles. The number of ether oxygens (including phenoxy) is 3. The third-order valence-corrected chi connectivity index (χ3v) is 5.21. The van der Waals surface area contributed by atoms with Crippen LogP contribution in [-0.2, 0) is 19.5 Å². The van der Waals surface area contributed by atoms with Gasteiger partial charge in [-0.25, -0.2) is 4.99 Å². The van der Waals surface area contributed by atoms with Crippen molar-refractivity contribution in [3.63, 3.8) is 0 Å². The summed E-state index contributed by atoms with van der Waals surface area (Å²) >= 11 is 1.83. The van der Waals surface area contributed by atoms with E-state index in [9.17, 15) is 0 Å². The molecule has 1 aromatic carbocycles. The molecule has 8 heteroatoms. The Bertz CT molecular complexity index is 740. The lowest BCUT2D eigenvalue weighted by atomic mass is 10.2. The molecule has 0 aliphatic rings.